The average molecular weight is 381 g/mol. The molecule has 3 N–H and O–H groups in total. The first-order valence-corrected chi connectivity index (χ1v) is 10.6. The molecule has 0 aliphatic carbocycles. The number of nitrogens with zero attached hydrogens (tertiary/aromatic N) is 1. The van der Waals surface area contributed by atoms with Crippen molar-refractivity contribution in [3.8, 4) is 0 Å². The van der Waals surface area contributed by atoms with E-state index in [-0.39, 0.29) is 6.17 Å². The molecule has 0 saturated carbocycles. The number of aryl methyl sites for hydroxylation is 1. The number of allylic oxidation sites excluding steroid dienone is 4. The highest BCUT2D eigenvalue weighted by molar-refractivity contribution is 6.23. The predicted octanol–water partition coefficient (Wildman–Crippen LogP) is 5.02. The number of hydrogen-bond donors (Lipinski definition) is 2. The highest BCUT2D eigenvalue weighted by atomic mass is 15.3. The van der Waals surface area contributed by atoms with Crippen molar-refractivity contribution in [3.63, 3.8) is 0 Å². The summed E-state index contributed by atoms with van der Waals surface area (Å²) in [6.45, 7) is 13.5. The van der Waals surface area contributed by atoms with Gasteiger partial charge in [-0.05, 0) is 55.0 Å². The van der Waals surface area contributed by atoms with Crippen molar-refractivity contribution in [3.05, 3.63) is 64.9 Å². The van der Waals surface area contributed by atoms with Crippen LogP contribution in [-0.4, -0.2) is 26.0 Å². The van der Waals surface area contributed by atoms with Gasteiger partial charge in [0.1, 0.15) is 14.0 Å². The molecule has 1 aromatic rings. The lowest BCUT2D eigenvalue weighted by molar-refractivity contribution is 0.215. The summed E-state index contributed by atoms with van der Waals surface area (Å²) < 4.78 is 0. The molecule has 3 nitrogen and oxygen atoms in total. The standard InChI is InChI=1S/C24H40BN3/c1-8-12-23(20(9-2)15-21(25)16-26)28(7)24(19(6)17(3)4)27-22-14-11-10-13-18(22)5/h10-17,19,24,27H,8-9,25-26H2,1-7H3/b20-15+,21-16+,23-12-/t19-,24?/m0/s1. The van der Waals surface area contributed by atoms with E-state index in [9.17, 15) is 0 Å². The van der Waals surface area contributed by atoms with Gasteiger partial charge in [0.05, 0.1) is 0 Å². The lowest BCUT2D eigenvalue weighted by Crippen LogP contribution is -2.44. The Morgan fingerprint density at radius 2 is 1.86 bits per heavy atom. The fourth-order valence-corrected chi connectivity index (χ4v) is 3.36. The van der Waals surface area contributed by atoms with E-state index in [2.05, 4.69) is 103 Å². The first-order chi connectivity index (χ1) is 13.3. The van der Waals surface area contributed by atoms with Crippen LogP contribution in [0.2, 0.25) is 0 Å². The zero-order valence-corrected chi connectivity index (χ0v) is 19.2. The summed E-state index contributed by atoms with van der Waals surface area (Å²) in [5.74, 6) is 1.03. The second-order valence-electron chi connectivity index (χ2n) is 8.05. The van der Waals surface area contributed by atoms with Gasteiger partial charge in [0.15, 0.2) is 0 Å². The first-order valence-electron chi connectivity index (χ1n) is 10.6. The summed E-state index contributed by atoms with van der Waals surface area (Å²) in [7, 11) is 4.26. The van der Waals surface area contributed by atoms with Gasteiger partial charge in [0.25, 0.3) is 0 Å². The summed E-state index contributed by atoms with van der Waals surface area (Å²) in [6.07, 6.45) is 8.38. The molecule has 1 rings (SSSR count). The molecule has 0 aliphatic rings. The second kappa shape index (κ2) is 11.7. The van der Waals surface area contributed by atoms with E-state index < -0.39 is 0 Å². The number of hydrogen-bond acceptors (Lipinski definition) is 3. The number of likely N-dealkylation sites (N-methyl/N-ethyl adjacent to an activating group) is 1. The molecule has 4 heteroatoms. The molecule has 0 spiro atoms. The Hall–Kier alpha value is -2.10. The molecule has 1 aromatic carbocycles. The average Bonchev–Trinajstić information content (AvgIpc) is 2.68. The van der Waals surface area contributed by atoms with Crippen LogP contribution in [0, 0.1) is 18.8 Å². The Bertz CT molecular complexity index is 704. The lowest BCUT2D eigenvalue weighted by Gasteiger charge is -2.40. The molecule has 0 fully saturated rings. The first kappa shape index (κ1) is 23.9. The summed E-state index contributed by atoms with van der Waals surface area (Å²) in [5.41, 5.74) is 11.9. The minimum atomic E-state index is 0.191. The quantitative estimate of drug-likeness (QED) is 0.340. The van der Waals surface area contributed by atoms with Crippen molar-refractivity contribution < 1.29 is 0 Å². The zero-order valence-electron chi connectivity index (χ0n) is 19.2. The fourth-order valence-electron chi connectivity index (χ4n) is 3.36. The molecule has 2 atom stereocenters. The summed E-state index contributed by atoms with van der Waals surface area (Å²) in [4.78, 5) is 2.42. The van der Waals surface area contributed by atoms with Crippen LogP contribution in [0.15, 0.2) is 59.4 Å². The van der Waals surface area contributed by atoms with Gasteiger partial charge < -0.3 is 16.0 Å². The number of anilines is 1. The number of rotatable bonds is 10. The van der Waals surface area contributed by atoms with E-state index in [1.54, 1.807) is 6.20 Å². The molecular formula is C24H40BN3. The van der Waals surface area contributed by atoms with Crippen LogP contribution >= 0.6 is 0 Å². The third kappa shape index (κ3) is 6.51. The number of para-hydroxylation sites is 1. The highest BCUT2D eigenvalue weighted by Gasteiger charge is 2.27. The Morgan fingerprint density at radius 3 is 2.36 bits per heavy atom. The zero-order chi connectivity index (χ0) is 21.3. The van der Waals surface area contributed by atoms with E-state index in [1.165, 1.54) is 22.5 Å². The van der Waals surface area contributed by atoms with Gasteiger partial charge in [-0.2, -0.15) is 0 Å². The van der Waals surface area contributed by atoms with Crippen molar-refractivity contribution in [1.82, 2.24) is 4.90 Å². The maximum Gasteiger partial charge on any atom is 0.141 e. The van der Waals surface area contributed by atoms with Crippen LogP contribution in [0.3, 0.4) is 0 Å². The summed E-state index contributed by atoms with van der Waals surface area (Å²) in [5, 5.41) is 3.83. The van der Waals surface area contributed by atoms with Gasteiger partial charge in [-0.25, -0.2) is 0 Å². The third-order valence-corrected chi connectivity index (χ3v) is 5.57. The molecule has 0 radical (unpaired) electrons. The van der Waals surface area contributed by atoms with E-state index in [1.807, 2.05) is 0 Å². The van der Waals surface area contributed by atoms with Crippen LogP contribution < -0.4 is 11.1 Å². The smallest absolute Gasteiger partial charge is 0.141 e. The lowest BCUT2D eigenvalue weighted by atomic mass is 9.90. The van der Waals surface area contributed by atoms with E-state index >= 15 is 0 Å². The Kier molecular flexibility index (Phi) is 9.99. The number of nitrogens with one attached hydrogen (secondary N) is 1. The molecule has 0 amide bonds. The van der Waals surface area contributed by atoms with Gasteiger partial charge in [-0.1, -0.05) is 70.4 Å². The van der Waals surface area contributed by atoms with Crippen molar-refractivity contribution in [2.24, 2.45) is 17.6 Å². The van der Waals surface area contributed by atoms with Crippen LogP contribution in [-0.2, 0) is 0 Å². The SMILES string of the molecule is BC(=C/N)/C=C(CC)/C(=C/CC)N(C)C(Nc1ccccc1C)[C@@H](C)C(C)C. The van der Waals surface area contributed by atoms with Gasteiger partial charge in [-0.3, -0.25) is 0 Å². The minimum Gasteiger partial charge on any atom is -0.405 e. The summed E-state index contributed by atoms with van der Waals surface area (Å²) >= 11 is 0. The molecule has 0 aromatic heterocycles. The Morgan fingerprint density at radius 1 is 1.21 bits per heavy atom. The van der Waals surface area contributed by atoms with Crippen LogP contribution in [0.4, 0.5) is 5.69 Å². The molecule has 0 heterocycles. The van der Waals surface area contributed by atoms with Crippen molar-refractivity contribution in [1.29, 1.82) is 0 Å². The van der Waals surface area contributed by atoms with Gasteiger partial charge >= 0.3 is 0 Å². The fraction of sp³-hybridized carbons (Fsp3) is 0.500. The molecule has 0 aliphatic heterocycles. The minimum absolute atomic E-state index is 0.191. The molecule has 1 unspecified atom stereocenters. The summed E-state index contributed by atoms with van der Waals surface area (Å²) in [6, 6.07) is 8.52. The highest BCUT2D eigenvalue weighted by Crippen LogP contribution is 2.29. The van der Waals surface area contributed by atoms with Crippen molar-refractivity contribution in [2.75, 3.05) is 12.4 Å². The normalized spacial score (nSPS) is 15.5. The topological polar surface area (TPSA) is 41.3 Å². The monoisotopic (exact) mass is 381 g/mol. The van der Waals surface area contributed by atoms with Crippen LogP contribution in [0.1, 0.15) is 53.0 Å². The van der Waals surface area contributed by atoms with E-state index in [4.69, 9.17) is 5.73 Å². The third-order valence-electron chi connectivity index (χ3n) is 5.57. The maximum absolute atomic E-state index is 5.74. The maximum atomic E-state index is 5.74. The van der Waals surface area contributed by atoms with Crippen molar-refractivity contribution >= 4 is 13.5 Å². The molecule has 0 bridgehead atoms. The number of benzene rings is 1. The van der Waals surface area contributed by atoms with Crippen LogP contribution in [0.5, 0.6) is 0 Å². The Balaban J connectivity index is 3.37. The number of nitrogens with two attached hydrogens (primary N) is 1. The second-order valence-corrected chi connectivity index (χ2v) is 8.05. The van der Waals surface area contributed by atoms with Gasteiger partial charge in [-0.15, -0.1) is 0 Å². The Labute approximate surface area is 174 Å². The molecule has 0 saturated heterocycles. The molecular weight excluding hydrogens is 341 g/mol. The molecule has 154 valence electrons. The van der Waals surface area contributed by atoms with Gasteiger partial charge in [0.2, 0.25) is 0 Å². The van der Waals surface area contributed by atoms with Crippen molar-refractivity contribution in [2.45, 2.75) is 60.5 Å². The largest absolute Gasteiger partial charge is 0.405 e. The van der Waals surface area contributed by atoms with E-state index in [0.29, 0.717) is 11.8 Å². The van der Waals surface area contributed by atoms with Gasteiger partial charge in [0, 0.05) is 18.4 Å². The van der Waals surface area contributed by atoms with E-state index in [0.717, 1.165) is 18.3 Å². The molecule has 28 heavy (non-hydrogen) atoms. The van der Waals surface area contributed by atoms with Crippen LogP contribution in [0.25, 0.3) is 0 Å². The predicted molar refractivity (Wildman–Crippen MR) is 128 cm³/mol.